The Morgan fingerprint density at radius 2 is 1.44 bits per heavy atom. The van der Waals surface area contributed by atoms with Gasteiger partial charge in [0.15, 0.2) is 5.96 Å². The SMILES string of the molecule is N=C(N)c1ccc(C[C@@H](C(=O)N[C@@H](CCCN)C(=O)N[C@@H](CCCN=C(N)N)C(N)=O)c2ccc3ccccc3c2)cc1. The number of amides is 3. The highest BCUT2D eigenvalue weighted by atomic mass is 16.2. The topological polar surface area (TPSA) is 242 Å². The number of amidine groups is 1. The Bertz CT molecular complexity index is 1450. The number of carbonyl (C=O) groups excluding carboxylic acids is 3. The normalized spacial score (nSPS) is 13.0. The number of guanidine groups is 1. The molecular formula is C31H41N9O3. The fourth-order valence-electron chi connectivity index (χ4n) is 4.77. The number of nitrogens with zero attached hydrogens (tertiary/aromatic N) is 1. The van der Waals surface area contributed by atoms with Gasteiger partial charge < -0.3 is 39.3 Å². The molecule has 3 aromatic carbocycles. The highest BCUT2D eigenvalue weighted by molar-refractivity contribution is 5.95. The fraction of sp³-hybridized carbons (Fsp3) is 0.323. The van der Waals surface area contributed by atoms with Gasteiger partial charge in [-0.25, -0.2) is 0 Å². The van der Waals surface area contributed by atoms with Crippen LogP contribution in [-0.4, -0.2) is 54.7 Å². The molecule has 0 unspecified atom stereocenters. The third kappa shape index (κ3) is 9.82. The predicted octanol–water partition coefficient (Wildman–Crippen LogP) is 0.698. The number of hydrogen-bond donors (Lipinski definition) is 8. The van der Waals surface area contributed by atoms with Crippen molar-refractivity contribution in [1.82, 2.24) is 10.6 Å². The van der Waals surface area contributed by atoms with Gasteiger partial charge in [-0.05, 0) is 60.5 Å². The first-order chi connectivity index (χ1) is 20.6. The predicted molar refractivity (Wildman–Crippen MR) is 169 cm³/mol. The summed E-state index contributed by atoms with van der Waals surface area (Å²) in [6.45, 7) is 0.587. The number of nitrogen functional groups attached to an aromatic ring is 1. The minimum atomic E-state index is -0.963. The standard InChI is InChI=1S/C31H41N9O3/c32-15-3-7-26(30(43)39-25(28(35)41)8-4-16-38-31(36)37)40-29(42)24(17-19-9-11-21(12-10-19)27(33)34)23-14-13-20-5-1-2-6-22(20)18-23/h1-2,5-6,9-14,18,24-26H,3-4,7-8,15-17,32H2,(H3,33,34)(H2,35,41)(H,39,43)(H,40,42)(H4,36,37,38)/t24-,25+,26+/m1/s1. The minimum Gasteiger partial charge on any atom is -0.384 e. The molecule has 0 fully saturated rings. The highest BCUT2D eigenvalue weighted by Gasteiger charge is 2.29. The van der Waals surface area contributed by atoms with Crippen molar-refractivity contribution in [3.05, 3.63) is 83.4 Å². The van der Waals surface area contributed by atoms with Crippen LogP contribution in [0.3, 0.4) is 0 Å². The fourth-order valence-corrected chi connectivity index (χ4v) is 4.77. The van der Waals surface area contributed by atoms with Crippen LogP contribution in [0.5, 0.6) is 0 Å². The number of aliphatic imine (C=N–C) groups is 1. The number of carbonyl (C=O) groups is 3. The van der Waals surface area contributed by atoms with Crippen LogP contribution in [0.4, 0.5) is 0 Å². The van der Waals surface area contributed by atoms with Crippen LogP contribution in [0, 0.1) is 5.41 Å². The molecule has 3 rings (SSSR count). The molecule has 12 nitrogen and oxygen atoms in total. The molecule has 0 aromatic heterocycles. The Morgan fingerprint density at radius 1 is 0.791 bits per heavy atom. The van der Waals surface area contributed by atoms with E-state index < -0.39 is 29.8 Å². The van der Waals surface area contributed by atoms with Gasteiger partial charge in [0.05, 0.1) is 5.92 Å². The van der Waals surface area contributed by atoms with Crippen molar-refractivity contribution in [3.8, 4) is 0 Å². The zero-order chi connectivity index (χ0) is 31.4. The molecule has 0 aliphatic carbocycles. The van der Waals surface area contributed by atoms with Crippen molar-refractivity contribution in [2.24, 2.45) is 33.7 Å². The van der Waals surface area contributed by atoms with E-state index in [0.717, 1.165) is 21.9 Å². The van der Waals surface area contributed by atoms with Crippen LogP contribution in [0.1, 0.15) is 48.3 Å². The van der Waals surface area contributed by atoms with E-state index in [-0.39, 0.29) is 37.1 Å². The van der Waals surface area contributed by atoms with Crippen LogP contribution in [0.25, 0.3) is 10.8 Å². The number of fused-ring (bicyclic) bond motifs is 1. The summed E-state index contributed by atoms with van der Waals surface area (Å²) >= 11 is 0. The summed E-state index contributed by atoms with van der Waals surface area (Å²) in [4.78, 5) is 43.3. The van der Waals surface area contributed by atoms with Crippen LogP contribution in [0.2, 0.25) is 0 Å². The largest absolute Gasteiger partial charge is 0.384 e. The molecule has 0 heterocycles. The molecule has 0 radical (unpaired) electrons. The quantitative estimate of drug-likeness (QED) is 0.0676. The van der Waals surface area contributed by atoms with Crippen molar-refractivity contribution < 1.29 is 14.4 Å². The molecule has 0 saturated carbocycles. The first kappa shape index (κ1) is 32.5. The second-order valence-electron chi connectivity index (χ2n) is 10.4. The minimum absolute atomic E-state index is 0.0466. The van der Waals surface area contributed by atoms with Crippen molar-refractivity contribution in [2.75, 3.05) is 13.1 Å². The zero-order valence-electron chi connectivity index (χ0n) is 24.1. The zero-order valence-corrected chi connectivity index (χ0v) is 24.1. The number of rotatable bonds is 16. The summed E-state index contributed by atoms with van der Waals surface area (Å²) in [6, 6.07) is 18.9. The summed E-state index contributed by atoms with van der Waals surface area (Å²) in [5.74, 6) is -2.35. The van der Waals surface area contributed by atoms with E-state index in [4.69, 9.17) is 34.1 Å². The first-order valence-corrected chi connectivity index (χ1v) is 14.2. The Balaban J connectivity index is 1.85. The Hall–Kier alpha value is -4.97. The second-order valence-corrected chi connectivity index (χ2v) is 10.4. The van der Waals surface area contributed by atoms with E-state index in [1.54, 1.807) is 12.1 Å². The average Bonchev–Trinajstić information content (AvgIpc) is 2.99. The molecular weight excluding hydrogens is 546 g/mol. The smallest absolute Gasteiger partial charge is 0.243 e. The van der Waals surface area contributed by atoms with Crippen molar-refractivity contribution in [3.63, 3.8) is 0 Å². The van der Waals surface area contributed by atoms with Crippen LogP contribution in [0.15, 0.2) is 71.7 Å². The van der Waals surface area contributed by atoms with Crippen molar-refractivity contribution in [1.29, 1.82) is 5.41 Å². The van der Waals surface area contributed by atoms with Gasteiger partial charge in [-0.1, -0.05) is 66.7 Å². The summed E-state index contributed by atoms with van der Waals surface area (Å²) in [5, 5.41) is 15.3. The van der Waals surface area contributed by atoms with Gasteiger partial charge in [0, 0.05) is 12.1 Å². The Labute approximate surface area is 251 Å². The second kappa shape index (κ2) is 15.9. The van der Waals surface area contributed by atoms with Gasteiger partial charge >= 0.3 is 0 Å². The van der Waals surface area contributed by atoms with Gasteiger partial charge in [-0.15, -0.1) is 0 Å². The average molecular weight is 588 g/mol. The monoisotopic (exact) mass is 587 g/mol. The summed E-state index contributed by atoms with van der Waals surface area (Å²) in [5.41, 5.74) is 29.8. The van der Waals surface area contributed by atoms with Crippen molar-refractivity contribution >= 4 is 40.3 Å². The molecule has 3 amide bonds. The lowest BCUT2D eigenvalue weighted by molar-refractivity contribution is -0.132. The van der Waals surface area contributed by atoms with Gasteiger partial charge in [0.1, 0.15) is 17.9 Å². The summed E-state index contributed by atoms with van der Waals surface area (Å²) in [7, 11) is 0. The van der Waals surface area contributed by atoms with E-state index in [0.29, 0.717) is 31.4 Å². The van der Waals surface area contributed by atoms with Crippen LogP contribution in [-0.2, 0) is 20.8 Å². The van der Waals surface area contributed by atoms with Gasteiger partial charge in [-0.3, -0.25) is 24.8 Å². The molecule has 13 N–H and O–H groups in total. The van der Waals surface area contributed by atoms with E-state index in [9.17, 15) is 14.4 Å². The lowest BCUT2D eigenvalue weighted by Gasteiger charge is -2.25. The maximum Gasteiger partial charge on any atom is 0.243 e. The van der Waals surface area contributed by atoms with E-state index in [2.05, 4.69) is 15.6 Å². The third-order valence-electron chi connectivity index (χ3n) is 7.13. The molecule has 43 heavy (non-hydrogen) atoms. The number of nitrogens with one attached hydrogen (secondary N) is 3. The van der Waals surface area contributed by atoms with Crippen LogP contribution >= 0.6 is 0 Å². The molecule has 0 spiro atoms. The first-order valence-electron chi connectivity index (χ1n) is 14.2. The number of benzene rings is 3. The van der Waals surface area contributed by atoms with Gasteiger partial charge in [-0.2, -0.15) is 0 Å². The Morgan fingerprint density at radius 3 is 2.07 bits per heavy atom. The highest BCUT2D eigenvalue weighted by Crippen LogP contribution is 2.26. The maximum atomic E-state index is 13.9. The van der Waals surface area contributed by atoms with Crippen LogP contribution < -0.4 is 39.3 Å². The third-order valence-corrected chi connectivity index (χ3v) is 7.13. The summed E-state index contributed by atoms with van der Waals surface area (Å²) in [6.07, 6.45) is 1.72. The Kier molecular flexibility index (Phi) is 12.0. The number of primary amides is 1. The van der Waals surface area contributed by atoms with E-state index >= 15 is 0 Å². The lowest BCUT2D eigenvalue weighted by atomic mass is 9.89. The van der Waals surface area contributed by atoms with E-state index in [1.807, 2.05) is 54.6 Å². The van der Waals surface area contributed by atoms with Gasteiger partial charge in [0.2, 0.25) is 17.7 Å². The van der Waals surface area contributed by atoms with Crippen molar-refractivity contribution in [2.45, 2.75) is 50.1 Å². The maximum absolute atomic E-state index is 13.9. The number of nitrogens with two attached hydrogens (primary N) is 5. The van der Waals surface area contributed by atoms with Gasteiger partial charge in [0.25, 0.3) is 0 Å². The molecule has 3 aromatic rings. The molecule has 0 aliphatic rings. The summed E-state index contributed by atoms with van der Waals surface area (Å²) < 4.78 is 0. The lowest BCUT2D eigenvalue weighted by Crippen LogP contribution is -2.53. The molecule has 12 heteroatoms. The molecule has 0 saturated heterocycles. The molecule has 3 atom stereocenters. The molecule has 0 aliphatic heterocycles. The number of hydrogen-bond acceptors (Lipinski definition) is 6. The molecule has 228 valence electrons. The van der Waals surface area contributed by atoms with E-state index in [1.165, 1.54) is 0 Å². The molecule has 0 bridgehead atoms.